The number of nitrogens with zero attached hydrogens (tertiary/aromatic N) is 2. The van der Waals surface area contributed by atoms with Crippen molar-refractivity contribution < 1.29 is 23.4 Å². The van der Waals surface area contributed by atoms with Gasteiger partial charge >= 0.3 is 5.97 Å². The molecular weight excluding hydrogens is 458 g/mol. The van der Waals surface area contributed by atoms with Gasteiger partial charge in [-0.2, -0.15) is 5.10 Å². The zero-order chi connectivity index (χ0) is 24.1. The van der Waals surface area contributed by atoms with Gasteiger partial charge in [-0.05, 0) is 49.8 Å². The van der Waals surface area contributed by atoms with E-state index in [0.29, 0.717) is 36.2 Å². The Kier molecular flexibility index (Phi) is 8.00. The minimum absolute atomic E-state index is 0.216. The Balaban J connectivity index is 1.60. The molecule has 0 unspecified atom stereocenters. The summed E-state index contributed by atoms with van der Waals surface area (Å²) in [6.45, 7) is 0.902. The summed E-state index contributed by atoms with van der Waals surface area (Å²) >= 11 is 1.49. The van der Waals surface area contributed by atoms with Gasteiger partial charge in [-0.3, -0.25) is 4.68 Å². The molecule has 0 atom stereocenters. The van der Waals surface area contributed by atoms with Crippen molar-refractivity contribution in [1.29, 1.82) is 0 Å². The van der Waals surface area contributed by atoms with Gasteiger partial charge in [0.1, 0.15) is 17.3 Å². The van der Waals surface area contributed by atoms with Crippen LogP contribution in [0.3, 0.4) is 0 Å². The number of carboxylic acid groups (broad SMARTS) is 1. The van der Waals surface area contributed by atoms with Crippen molar-refractivity contribution in [3.8, 4) is 22.4 Å². The molecule has 0 spiro atoms. The number of aromatic nitrogens is 2. The van der Waals surface area contributed by atoms with Gasteiger partial charge in [0.05, 0.1) is 6.61 Å². The molecule has 8 heteroatoms. The van der Waals surface area contributed by atoms with Crippen LogP contribution in [0, 0.1) is 23.5 Å². The lowest BCUT2D eigenvalue weighted by molar-refractivity contribution is -0.142. The first-order valence-corrected chi connectivity index (χ1v) is 12.6. The fourth-order valence-corrected chi connectivity index (χ4v) is 5.39. The van der Waals surface area contributed by atoms with Gasteiger partial charge in [0.2, 0.25) is 0 Å². The minimum atomic E-state index is -0.947. The molecule has 2 aromatic carbocycles. The second kappa shape index (κ2) is 11.1. The Bertz CT molecular complexity index is 1130. The van der Waals surface area contributed by atoms with Gasteiger partial charge in [0.15, 0.2) is 11.6 Å². The molecule has 1 aromatic heterocycles. The Hall–Kier alpha value is -2.71. The lowest BCUT2D eigenvalue weighted by Gasteiger charge is -2.28. The second-order valence-corrected chi connectivity index (χ2v) is 9.47. The molecule has 3 aromatic rings. The number of carbonyl (C=O) groups is 1. The molecule has 0 saturated heterocycles. The van der Waals surface area contributed by atoms with E-state index in [9.17, 15) is 13.6 Å². The van der Waals surface area contributed by atoms with E-state index < -0.39 is 17.6 Å². The maximum atomic E-state index is 14.9. The van der Waals surface area contributed by atoms with Crippen LogP contribution in [-0.4, -0.2) is 40.3 Å². The number of ether oxygens (including phenoxy) is 1. The number of aliphatic carboxylic acids is 1. The molecule has 4 rings (SSSR count). The highest BCUT2D eigenvalue weighted by Gasteiger charge is 2.27. The number of rotatable bonds is 9. The maximum Gasteiger partial charge on any atom is 0.329 e. The van der Waals surface area contributed by atoms with Gasteiger partial charge in [-0.15, -0.1) is 11.8 Å². The van der Waals surface area contributed by atoms with Crippen LogP contribution < -0.4 is 0 Å². The summed E-state index contributed by atoms with van der Waals surface area (Å²) in [6, 6.07) is 13.9. The molecule has 1 heterocycles. The number of carboxylic acids is 1. The number of hydrogen-bond donors (Lipinski definition) is 1. The first kappa shape index (κ1) is 24.4. The number of hydrogen-bond acceptors (Lipinski definition) is 4. The number of benzene rings is 2. The Morgan fingerprint density at radius 1 is 1.09 bits per heavy atom. The van der Waals surface area contributed by atoms with Gasteiger partial charge in [0, 0.05) is 23.2 Å². The van der Waals surface area contributed by atoms with E-state index in [-0.39, 0.29) is 12.2 Å². The molecule has 0 bridgehead atoms. The number of thioether (sulfide) groups is 1. The summed E-state index contributed by atoms with van der Waals surface area (Å²) in [4.78, 5) is 10.6. The standard InChI is InChI=1S/C26H28F2N2O3S/c1-34-26-23(20-8-5-9-21(27)24(20)28)25(19-6-3-2-4-7-19)29-30(26)14-17-10-12-18(13-11-17)15-33-16-22(31)32/h2-9,17-18H,10-16H2,1H3,(H,31,32). The molecular formula is C26H28F2N2O3S. The fraction of sp³-hybridized carbons (Fsp3) is 0.385. The van der Waals surface area contributed by atoms with Crippen molar-refractivity contribution in [2.24, 2.45) is 11.8 Å². The molecule has 0 aliphatic heterocycles. The highest BCUT2D eigenvalue weighted by molar-refractivity contribution is 7.98. The van der Waals surface area contributed by atoms with Crippen LogP contribution in [0.4, 0.5) is 8.78 Å². The van der Waals surface area contributed by atoms with E-state index in [1.165, 1.54) is 17.8 Å². The van der Waals surface area contributed by atoms with Gasteiger partial charge in [0.25, 0.3) is 0 Å². The largest absolute Gasteiger partial charge is 0.480 e. The Morgan fingerprint density at radius 2 is 1.79 bits per heavy atom. The van der Waals surface area contributed by atoms with Crippen LogP contribution >= 0.6 is 11.8 Å². The van der Waals surface area contributed by atoms with Crippen molar-refractivity contribution in [3.63, 3.8) is 0 Å². The van der Waals surface area contributed by atoms with Crippen molar-refractivity contribution in [2.75, 3.05) is 19.5 Å². The van der Waals surface area contributed by atoms with Crippen LogP contribution in [0.1, 0.15) is 25.7 Å². The van der Waals surface area contributed by atoms with Crippen LogP contribution in [0.15, 0.2) is 53.6 Å². The molecule has 1 fully saturated rings. The molecule has 0 amide bonds. The number of halogens is 2. The van der Waals surface area contributed by atoms with Crippen molar-refractivity contribution >= 4 is 17.7 Å². The average molecular weight is 487 g/mol. The smallest absolute Gasteiger partial charge is 0.329 e. The third-order valence-electron chi connectivity index (χ3n) is 6.34. The zero-order valence-corrected chi connectivity index (χ0v) is 19.9. The first-order chi connectivity index (χ1) is 16.5. The normalized spacial score (nSPS) is 18.2. The topological polar surface area (TPSA) is 64.4 Å². The van der Waals surface area contributed by atoms with Gasteiger partial charge < -0.3 is 9.84 Å². The lowest BCUT2D eigenvalue weighted by Crippen LogP contribution is -2.23. The van der Waals surface area contributed by atoms with E-state index >= 15 is 0 Å². The molecule has 1 saturated carbocycles. The molecule has 0 radical (unpaired) electrons. The monoisotopic (exact) mass is 486 g/mol. The van der Waals surface area contributed by atoms with E-state index in [0.717, 1.165) is 42.3 Å². The SMILES string of the molecule is CSc1c(-c2cccc(F)c2F)c(-c2ccccc2)nn1CC1CCC(COCC(=O)O)CC1. The van der Waals surface area contributed by atoms with Crippen LogP contribution in [0.2, 0.25) is 0 Å². The third kappa shape index (κ3) is 5.50. The molecule has 34 heavy (non-hydrogen) atoms. The summed E-state index contributed by atoms with van der Waals surface area (Å²) in [5.74, 6) is -1.92. The maximum absolute atomic E-state index is 14.9. The molecule has 1 N–H and O–H groups in total. The predicted molar refractivity (Wildman–Crippen MR) is 129 cm³/mol. The van der Waals surface area contributed by atoms with E-state index in [4.69, 9.17) is 14.9 Å². The molecule has 1 aliphatic carbocycles. The van der Waals surface area contributed by atoms with E-state index in [2.05, 4.69) is 0 Å². The van der Waals surface area contributed by atoms with Crippen LogP contribution in [0.25, 0.3) is 22.4 Å². The second-order valence-electron chi connectivity index (χ2n) is 8.68. The summed E-state index contributed by atoms with van der Waals surface area (Å²) in [7, 11) is 0. The van der Waals surface area contributed by atoms with Crippen molar-refractivity contribution in [3.05, 3.63) is 60.2 Å². The quantitative estimate of drug-likeness (QED) is 0.369. The Morgan fingerprint density at radius 3 is 2.47 bits per heavy atom. The lowest BCUT2D eigenvalue weighted by atomic mass is 9.82. The van der Waals surface area contributed by atoms with Gasteiger partial charge in [-0.1, -0.05) is 42.5 Å². The highest BCUT2D eigenvalue weighted by Crippen LogP contribution is 2.41. The van der Waals surface area contributed by atoms with Gasteiger partial charge in [-0.25, -0.2) is 13.6 Å². The zero-order valence-electron chi connectivity index (χ0n) is 19.0. The van der Waals surface area contributed by atoms with Crippen LogP contribution in [-0.2, 0) is 16.1 Å². The average Bonchev–Trinajstić information content (AvgIpc) is 3.20. The summed E-state index contributed by atoms with van der Waals surface area (Å²) in [5, 5.41) is 14.5. The summed E-state index contributed by atoms with van der Waals surface area (Å²) < 4.78 is 36.2. The molecule has 5 nitrogen and oxygen atoms in total. The first-order valence-electron chi connectivity index (χ1n) is 11.4. The predicted octanol–water partition coefficient (Wildman–Crippen LogP) is 6.12. The molecule has 180 valence electrons. The van der Waals surface area contributed by atoms with E-state index in [1.54, 1.807) is 6.07 Å². The minimum Gasteiger partial charge on any atom is -0.480 e. The van der Waals surface area contributed by atoms with Crippen LogP contribution in [0.5, 0.6) is 0 Å². The third-order valence-corrected chi connectivity index (χ3v) is 7.15. The highest BCUT2D eigenvalue weighted by atomic mass is 32.2. The summed E-state index contributed by atoms with van der Waals surface area (Å²) in [5.41, 5.74) is 2.33. The van der Waals surface area contributed by atoms with E-state index in [1.807, 2.05) is 41.3 Å². The van der Waals surface area contributed by atoms with Crippen molar-refractivity contribution in [2.45, 2.75) is 37.3 Å². The van der Waals surface area contributed by atoms with Crippen molar-refractivity contribution in [1.82, 2.24) is 9.78 Å². The Labute approximate surface area is 202 Å². The molecule has 1 aliphatic rings. The fourth-order valence-electron chi connectivity index (χ4n) is 4.65. The summed E-state index contributed by atoms with van der Waals surface area (Å²) in [6.07, 6.45) is 5.84.